The van der Waals surface area contributed by atoms with Crippen LogP contribution in [0.5, 0.6) is 0 Å². The number of alkyl halides is 10. The quantitative estimate of drug-likeness (QED) is 0.0356. The Morgan fingerprint density at radius 1 is 0.667 bits per heavy atom. The van der Waals surface area contributed by atoms with E-state index in [1.165, 1.54) is 60.7 Å². The Bertz CT molecular complexity index is 2210. The normalized spacial score (nSPS) is 10.4. The van der Waals surface area contributed by atoms with Gasteiger partial charge in [-0.15, -0.1) is 0 Å². The maximum Gasteiger partial charge on any atom is 1.00 e. The molecule has 0 aliphatic rings. The SMILES string of the molecule is CCOC(=O)C(F)(F)Br.CCOC(=O)C(F)(F)c1ccc(Cl)cn1.Clc1ccc(Br)nc1.F/C(=C\I)c1ccc(Cl)cn1.FC(F)(CI)c1ccc(Cl)cn1.OCC(F)(F)c1ccc(Cl)cn1.[B].[Cu].[H-].[K+].[Na+].[OH-]. The van der Waals surface area contributed by atoms with Gasteiger partial charge in [0.05, 0.1) is 48.4 Å². The first-order valence-corrected chi connectivity index (χ1v) is 23.8. The van der Waals surface area contributed by atoms with E-state index in [1.54, 1.807) is 47.0 Å². The van der Waals surface area contributed by atoms with Crippen LogP contribution < -0.4 is 80.9 Å². The molecule has 2 N–H and O–H groups in total. The zero-order valence-electron chi connectivity index (χ0n) is 38.0. The van der Waals surface area contributed by atoms with Crippen molar-refractivity contribution in [3.05, 3.63) is 148 Å². The van der Waals surface area contributed by atoms with Crippen LogP contribution in [0.15, 0.2) is 100 Å². The summed E-state index contributed by atoms with van der Waals surface area (Å²) in [6, 6.07) is 13.9. The van der Waals surface area contributed by atoms with Crippen LogP contribution in [0.3, 0.4) is 0 Å². The van der Waals surface area contributed by atoms with E-state index in [2.05, 4.69) is 50.3 Å². The predicted octanol–water partition coefficient (Wildman–Crippen LogP) is 8.50. The Morgan fingerprint density at radius 2 is 1.01 bits per heavy atom. The number of halogens is 18. The molecule has 0 aliphatic heterocycles. The third-order valence-corrected chi connectivity index (χ3v) is 9.83. The van der Waals surface area contributed by atoms with Crippen LogP contribution in [-0.2, 0) is 53.9 Å². The van der Waals surface area contributed by atoms with E-state index in [-0.39, 0.29) is 153 Å². The van der Waals surface area contributed by atoms with Gasteiger partial charge in [-0.2, -0.15) is 35.1 Å². The van der Waals surface area contributed by atoms with E-state index >= 15 is 0 Å². The van der Waals surface area contributed by atoms with Gasteiger partial charge in [-0.05, 0) is 113 Å². The van der Waals surface area contributed by atoms with E-state index in [1.807, 2.05) is 38.5 Å². The topological polar surface area (TPSA) is 167 Å². The van der Waals surface area contributed by atoms with Gasteiger partial charge in [-0.3, -0.25) is 19.9 Å². The monoisotopic (exact) mass is 1560 g/mol. The molecule has 5 aromatic rings. The second-order valence-electron chi connectivity index (χ2n) is 11.4. The van der Waals surface area contributed by atoms with Crippen molar-refractivity contribution in [2.45, 2.75) is 36.4 Å². The van der Waals surface area contributed by atoms with Crippen LogP contribution in [0.2, 0.25) is 25.1 Å². The minimum absolute atomic E-state index is 0. The van der Waals surface area contributed by atoms with Gasteiger partial charge in [0.25, 0.3) is 5.92 Å². The number of carbonyl (C=O) groups is 2. The van der Waals surface area contributed by atoms with Gasteiger partial charge >= 0.3 is 110 Å². The molecule has 392 valence electrons. The Balaban J connectivity index is -0.000000142. The van der Waals surface area contributed by atoms with Gasteiger partial charge in [-0.25, -0.2) is 19.0 Å². The van der Waals surface area contributed by atoms with Gasteiger partial charge < -0.3 is 21.5 Å². The van der Waals surface area contributed by atoms with Crippen molar-refractivity contribution in [1.29, 1.82) is 0 Å². The number of esters is 2. The summed E-state index contributed by atoms with van der Waals surface area (Å²) in [5, 5.41) is 10.3. The molecule has 5 aromatic heterocycles. The number of carbonyl (C=O) groups excluding carboxylic acids is 2. The third kappa shape index (κ3) is 35.3. The molecule has 72 heavy (non-hydrogen) atoms. The van der Waals surface area contributed by atoms with Gasteiger partial charge in [0.15, 0.2) is 5.83 Å². The summed E-state index contributed by atoms with van der Waals surface area (Å²) in [5.41, 5.74) is -1.08. The number of hydrogen-bond donors (Lipinski definition) is 1. The second kappa shape index (κ2) is 43.7. The molecule has 0 bridgehead atoms. The maximum atomic E-state index is 13.3. The average Bonchev–Trinajstić information content (AvgIpc) is 3.29. The zero-order chi connectivity index (χ0) is 51.6. The summed E-state index contributed by atoms with van der Waals surface area (Å²) in [6.07, 6.45) is 6.38. The zero-order valence-corrected chi connectivity index (χ0v) is 54.3. The molecular formula is C39H33BBr2Cl5CuF9I2KN5NaO6. The van der Waals surface area contributed by atoms with E-state index in [0.717, 1.165) is 29.1 Å². The minimum atomic E-state index is -3.74. The van der Waals surface area contributed by atoms with Crippen LogP contribution >= 0.6 is 135 Å². The smallest absolute Gasteiger partial charge is 1.00 e. The number of aliphatic hydroxyl groups excluding tert-OH is 1. The molecular weight excluding hydrogens is 1530 g/mol. The molecule has 0 saturated carbocycles. The Morgan fingerprint density at radius 3 is 1.28 bits per heavy atom. The number of nitrogens with zero attached hydrogens (tertiary/aromatic N) is 5. The fourth-order valence-electron chi connectivity index (χ4n) is 3.37. The maximum absolute atomic E-state index is 13.3. The van der Waals surface area contributed by atoms with Crippen molar-refractivity contribution in [2.24, 2.45) is 0 Å². The Labute approximate surface area is 555 Å². The van der Waals surface area contributed by atoms with E-state index < -0.39 is 52.5 Å². The van der Waals surface area contributed by atoms with Crippen LogP contribution in [0.1, 0.15) is 38.0 Å². The van der Waals surface area contributed by atoms with Crippen molar-refractivity contribution in [3.63, 3.8) is 0 Å². The van der Waals surface area contributed by atoms with Crippen LogP contribution in [-0.4, -0.2) is 84.9 Å². The Hall–Kier alpha value is 0.811. The third-order valence-electron chi connectivity index (χ3n) is 6.42. The van der Waals surface area contributed by atoms with Crippen molar-refractivity contribution in [2.75, 3.05) is 24.2 Å². The van der Waals surface area contributed by atoms with Crippen LogP contribution in [0.4, 0.5) is 39.5 Å². The summed E-state index contributed by atoms with van der Waals surface area (Å²) < 4.78 is 124. The van der Waals surface area contributed by atoms with Crippen molar-refractivity contribution >= 4 is 161 Å². The second-order valence-corrected chi connectivity index (χ2v) is 16.8. The summed E-state index contributed by atoms with van der Waals surface area (Å²) in [5.74, 6) is -13.4. The van der Waals surface area contributed by atoms with E-state index in [0.29, 0.717) is 20.8 Å². The number of ether oxygens (including phenoxy) is 2. The van der Waals surface area contributed by atoms with Gasteiger partial charge in [-0.1, -0.05) is 80.6 Å². The van der Waals surface area contributed by atoms with Gasteiger partial charge in [0.1, 0.15) is 28.3 Å². The molecule has 0 aliphatic carbocycles. The number of hydrogen-bond acceptors (Lipinski definition) is 11. The average molecular weight is 1570 g/mol. The Kier molecular flexibility index (Phi) is 51.0. The predicted molar refractivity (Wildman–Crippen MR) is 271 cm³/mol. The molecule has 0 aromatic carbocycles. The van der Waals surface area contributed by atoms with Crippen LogP contribution in [0, 0.1) is 0 Å². The fourth-order valence-corrected chi connectivity index (χ4v) is 4.98. The molecule has 33 heteroatoms. The summed E-state index contributed by atoms with van der Waals surface area (Å²) in [7, 11) is 0. The number of rotatable bonds is 10. The molecule has 0 atom stereocenters. The van der Waals surface area contributed by atoms with Crippen molar-refractivity contribution in [3.8, 4) is 0 Å². The molecule has 0 unspecified atom stereocenters. The first kappa shape index (κ1) is 84.1. The van der Waals surface area contributed by atoms with Gasteiger partial charge in [0.2, 0.25) is 0 Å². The summed E-state index contributed by atoms with van der Waals surface area (Å²) in [6.45, 7) is 1.50. The minimum Gasteiger partial charge on any atom is -1.00 e. The molecule has 0 amide bonds. The van der Waals surface area contributed by atoms with Gasteiger partial charge in [0, 0.05) is 76.5 Å². The standard InChI is InChI=1S/C9H8ClF2NO2.C7H5ClF2IN.C7H6ClF2NO.C7H4ClFIN.C5H3BrClN.C4H5BrF2O2.B.Cu.K.Na.H2O.H/c1-2-15-8(14)9(11,12)7-4-3-6(10)5-13-7;8-5-1-2-6(12-3-5)7(9,10)4-11;8-5-1-2-6(11-3-5)7(9,10)4-12;8-5-1-2-7(11-4-5)6(9)3-10;6-5-2-1-4(7)3-8-5;1-2-9-3(8)4(5,6)7;;;;;;/h3-5H,2H2,1H3;1-3H,4H2;1-3,12H,4H2;1-4H;1-3H;2H2,1H3;;;;;1H2;/q;;;;;;;;2*+1;;-1/p-1/b;;;6-3-;;;;;;;;. The van der Waals surface area contributed by atoms with E-state index in [4.69, 9.17) is 63.1 Å². The molecule has 11 nitrogen and oxygen atoms in total. The molecule has 5 heterocycles. The fraction of sp³-hybridized carbons (Fsp3) is 0.256. The number of aromatic nitrogens is 5. The first-order chi connectivity index (χ1) is 31.1. The van der Waals surface area contributed by atoms with Crippen LogP contribution in [0.25, 0.3) is 5.83 Å². The first-order valence-electron chi connectivity index (χ1n) is 17.5. The molecule has 0 saturated heterocycles. The number of aliphatic hydroxyl groups is 1. The molecule has 5 rings (SSSR count). The molecule has 0 fully saturated rings. The summed E-state index contributed by atoms with van der Waals surface area (Å²) >= 11 is 35.9. The van der Waals surface area contributed by atoms with E-state index in [9.17, 15) is 49.1 Å². The molecule has 4 radical (unpaired) electrons. The van der Waals surface area contributed by atoms with Crippen molar-refractivity contribution in [1.82, 2.24) is 24.9 Å². The van der Waals surface area contributed by atoms with Crippen molar-refractivity contribution < 1.29 is 169 Å². The number of pyridine rings is 5. The largest absolute Gasteiger partial charge is 1.00 e. The summed E-state index contributed by atoms with van der Waals surface area (Å²) in [4.78, 5) is 35.3. The molecule has 0 spiro atoms.